The van der Waals surface area contributed by atoms with Gasteiger partial charge in [0.05, 0.1) is 5.69 Å². The van der Waals surface area contributed by atoms with Crippen LogP contribution in [0.4, 0.5) is 0 Å². The lowest BCUT2D eigenvalue weighted by atomic mass is 10.0. The molecule has 1 aliphatic carbocycles. The number of alkyl halides is 1. The molecule has 1 aliphatic rings. The molecule has 1 unspecified atom stereocenters. The van der Waals surface area contributed by atoms with E-state index in [1.54, 1.807) is 6.20 Å². The zero-order valence-corrected chi connectivity index (χ0v) is 14.6. The first-order valence-corrected chi connectivity index (χ1v) is 8.32. The molecule has 1 atom stereocenters. The summed E-state index contributed by atoms with van der Waals surface area (Å²) < 4.78 is 0.995. The van der Waals surface area contributed by atoms with Crippen LogP contribution in [-0.4, -0.2) is 4.98 Å². The Kier molecular flexibility index (Phi) is 5.48. The average Bonchev–Trinajstić information content (AvgIpc) is 2.59. The lowest BCUT2D eigenvalue weighted by Crippen LogP contribution is -2.00. The number of halogens is 3. The molecule has 1 nitrogen and oxygen atoms in total. The van der Waals surface area contributed by atoms with Crippen molar-refractivity contribution in [3.8, 4) is 0 Å². The zero-order valence-electron chi connectivity index (χ0n) is 11.5. The van der Waals surface area contributed by atoms with Crippen LogP contribution in [0.25, 0.3) is 0 Å². The molecule has 20 heavy (non-hydrogen) atoms. The van der Waals surface area contributed by atoms with Gasteiger partial charge in [-0.2, -0.15) is 0 Å². The van der Waals surface area contributed by atoms with Crippen LogP contribution < -0.4 is 0 Å². The summed E-state index contributed by atoms with van der Waals surface area (Å²) in [5.74, 6) is 0. The number of aromatic nitrogens is 1. The Labute approximate surface area is 138 Å². The highest BCUT2D eigenvalue weighted by Crippen LogP contribution is 2.37. The third-order valence-electron chi connectivity index (χ3n) is 3.25. The van der Waals surface area contributed by atoms with Crippen LogP contribution in [0.3, 0.4) is 0 Å². The summed E-state index contributed by atoms with van der Waals surface area (Å²) in [4.78, 5) is 4.47. The van der Waals surface area contributed by atoms with Crippen molar-refractivity contribution in [2.24, 2.45) is 0 Å². The van der Waals surface area contributed by atoms with Crippen molar-refractivity contribution in [3.05, 3.63) is 62.3 Å². The van der Waals surface area contributed by atoms with Gasteiger partial charge in [0.2, 0.25) is 0 Å². The Balaban J connectivity index is 0.000000704. The number of fused-ring (bicyclic) bond motifs is 2. The fourth-order valence-corrected chi connectivity index (χ4v) is 3.36. The SMILES string of the molecule is CC.Clc1ccc2c(c1)CCc1cc(Br)cnc1C2Cl. The normalized spacial score (nSPS) is 16.4. The second-order valence-corrected chi connectivity index (χ2v) is 6.19. The van der Waals surface area contributed by atoms with Crippen molar-refractivity contribution in [1.29, 1.82) is 0 Å². The van der Waals surface area contributed by atoms with Crippen LogP contribution in [0.1, 0.15) is 41.6 Å². The summed E-state index contributed by atoms with van der Waals surface area (Å²) in [7, 11) is 0. The Morgan fingerprint density at radius 3 is 2.60 bits per heavy atom. The van der Waals surface area contributed by atoms with Crippen molar-refractivity contribution in [3.63, 3.8) is 0 Å². The van der Waals surface area contributed by atoms with Gasteiger partial charge >= 0.3 is 0 Å². The van der Waals surface area contributed by atoms with E-state index in [9.17, 15) is 0 Å². The molecule has 106 valence electrons. The molecule has 0 radical (unpaired) electrons. The van der Waals surface area contributed by atoms with Gasteiger partial charge in [-0.25, -0.2) is 0 Å². The van der Waals surface area contributed by atoms with E-state index in [1.165, 1.54) is 11.1 Å². The molecule has 1 heterocycles. The number of nitrogens with zero attached hydrogens (tertiary/aromatic N) is 1. The molecule has 4 heteroatoms. The summed E-state index contributed by atoms with van der Waals surface area (Å²) in [6.07, 6.45) is 3.69. The number of rotatable bonds is 0. The molecule has 0 N–H and O–H groups in total. The van der Waals surface area contributed by atoms with Gasteiger partial charge in [0.1, 0.15) is 5.38 Å². The fourth-order valence-electron chi connectivity index (χ4n) is 2.37. The van der Waals surface area contributed by atoms with E-state index < -0.39 is 0 Å². The van der Waals surface area contributed by atoms with Gasteiger partial charge < -0.3 is 0 Å². The Bertz CT molecular complexity index is 560. The minimum atomic E-state index is -0.192. The molecule has 2 aromatic rings. The van der Waals surface area contributed by atoms with Crippen LogP contribution in [0.2, 0.25) is 5.02 Å². The molecule has 0 aliphatic heterocycles. The Hall–Kier alpha value is -0.570. The predicted octanol–water partition coefficient (Wildman–Crippen LogP) is 5.95. The third-order valence-corrected chi connectivity index (χ3v) is 4.36. The molecule has 0 spiro atoms. The van der Waals surface area contributed by atoms with E-state index in [1.807, 2.05) is 32.0 Å². The Morgan fingerprint density at radius 2 is 1.85 bits per heavy atom. The minimum Gasteiger partial charge on any atom is -0.258 e. The molecular formula is C16H16BrCl2N. The van der Waals surface area contributed by atoms with Crippen molar-refractivity contribution in [1.82, 2.24) is 4.98 Å². The first kappa shape index (κ1) is 15.8. The van der Waals surface area contributed by atoms with Gasteiger partial charge in [-0.3, -0.25) is 4.98 Å². The largest absolute Gasteiger partial charge is 0.258 e. The first-order valence-electron chi connectivity index (χ1n) is 6.72. The molecule has 0 bridgehead atoms. The molecule has 0 saturated heterocycles. The number of benzene rings is 1. The van der Waals surface area contributed by atoms with Gasteiger partial charge in [-0.1, -0.05) is 31.5 Å². The van der Waals surface area contributed by atoms with Crippen molar-refractivity contribution < 1.29 is 0 Å². The lowest BCUT2D eigenvalue weighted by Gasteiger charge is -2.12. The van der Waals surface area contributed by atoms with Gasteiger partial charge in [-0.05, 0) is 63.7 Å². The standard InChI is InChI=1S/C14H10BrCl2N.C2H6/c15-10-5-9-2-1-8-6-11(16)3-4-12(8)13(17)14(9)18-7-10;1-2/h3-7,13H,1-2H2;1-2H3. The van der Waals surface area contributed by atoms with Crippen molar-refractivity contribution in [2.75, 3.05) is 0 Å². The average molecular weight is 373 g/mol. The van der Waals surface area contributed by atoms with Crippen LogP contribution in [-0.2, 0) is 12.8 Å². The monoisotopic (exact) mass is 371 g/mol. The number of hydrogen-bond donors (Lipinski definition) is 0. The molecule has 1 aromatic heterocycles. The van der Waals surface area contributed by atoms with E-state index in [0.717, 1.165) is 33.6 Å². The number of aryl methyl sites for hydroxylation is 2. The summed E-state index contributed by atoms with van der Waals surface area (Å²) in [5, 5.41) is 0.570. The van der Waals surface area contributed by atoms with Crippen molar-refractivity contribution in [2.45, 2.75) is 32.1 Å². The number of hydrogen-bond acceptors (Lipinski definition) is 1. The molecule has 3 rings (SSSR count). The predicted molar refractivity (Wildman–Crippen MR) is 89.8 cm³/mol. The van der Waals surface area contributed by atoms with Gasteiger partial charge in [0.25, 0.3) is 0 Å². The van der Waals surface area contributed by atoms with Crippen LogP contribution in [0, 0.1) is 0 Å². The third kappa shape index (κ3) is 3.19. The Morgan fingerprint density at radius 1 is 1.15 bits per heavy atom. The second kappa shape index (κ2) is 6.93. The van der Waals surface area contributed by atoms with Crippen LogP contribution >= 0.6 is 39.1 Å². The molecule has 0 saturated carbocycles. The van der Waals surface area contributed by atoms with Gasteiger partial charge in [-0.15, -0.1) is 11.6 Å². The minimum absolute atomic E-state index is 0.192. The summed E-state index contributed by atoms with van der Waals surface area (Å²) in [5.41, 5.74) is 4.50. The fraction of sp³-hybridized carbons (Fsp3) is 0.312. The van der Waals surface area contributed by atoms with E-state index in [-0.39, 0.29) is 5.38 Å². The molecule has 1 aromatic carbocycles. The smallest absolute Gasteiger partial charge is 0.101 e. The van der Waals surface area contributed by atoms with Gasteiger partial charge in [0, 0.05) is 15.7 Å². The maximum absolute atomic E-state index is 6.57. The van der Waals surface area contributed by atoms with E-state index >= 15 is 0 Å². The molecule has 0 amide bonds. The quantitative estimate of drug-likeness (QED) is 0.520. The molecule has 0 fully saturated rings. The second-order valence-electron chi connectivity index (χ2n) is 4.40. The van der Waals surface area contributed by atoms with Crippen molar-refractivity contribution >= 4 is 39.1 Å². The summed E-state index contributed by atoms with van der Waals surface area (Å²) >= 11 is 16.1. The summed E-state index contributed by atoms with van der Waals surface area (Å²) in [6, 6.07) is 8.01. The maximum atomic E-state index is 6.57. The van der Waals surface area contributed by atoms with Crippen LogP contribution in [0.15, 0.2) is 34.9 Å². The highest BCUT2D eigenvalue weighted by Gasteiger charge is 2.23. The number of pyridine rings is 1. The van der Waals surface area contributed by atoms with Crippen LogP contribution in [0.5, 0.6) is 0 Å². The van der Waals surface area contributed by atoms with E-state index in [2.05, 4.69) is 27.0 Å². The highest BCUT2D eigenvalue weighted by atomic mass is 79.9. The van der Waals surface area contributed by atoms with E-state index in [0.29, 0.717) is 0 Å². The summed E-state index contributed by atoms with van der Waals surface area (Å²) in [6.45, 7) is 4.00. The lowest BCUT2D eigenvalue weighted by molar-refractivity contribution is 0.947. The molecular weight excluding hydrogens is 357 g/mol. The first-order chi connectivity index (χ1) is 9.65. The zero-order chi connectivity index (χ0) is 14.7. The topological polar surface area (TPSA) is 12.9 Å². The maximum Gasteiger partial charge on any atom is 0.101 e. The van der Waals surface area contributed by atoms with Gasteiger partial charge in [0.15, 0.2) is 0 Å². The highest BCUT2D eigenvalue weighted by molar-refractivity contribution is 9.10. The van der Waals surface area contributed by atoms with E-state index in [4.69, 9.17) is 23.2 Å².